The Balaban J connectivity index is 2.27. The summed E-state index contributed by atoms with van der Waals surface area (Å²) in [6.45, 7) is 2.37. The van der Waals surface area contributed by atoms with Crippen LogP contribution in [0.15, 0.2) is 39.9 Å². The number of aryl methyl sites for hydroxylation is 2. The summed E-state index contributed by atoms with van der Waals surface area (Å²) >= 11 is 0. The van der Waals surface area contributed by atoms with Crippen LogP contribution in [0.5, 0.6) is 0 Å². The number of fused-ring (bicyclic) bond motifs is 1. The number of nitrogens with one attached hydrogen (secondary N) is 1. The normalized spacial score (nSPS) is 11.1. The van der Waals surface area contributed by atoms with Crippen molar-refractivity contribution in [2.75, 3.05) is 0 Å². The van der Waals surface area contributed by atoms with Gasteiger partial charge in [-0.05, 0) is 12.5 Å². The molecule has 0 unspecified atom stereocenters. The molecule has 0 atom stereocenters. The maximum atomic E-state index is 12.0. The predicted molar refractivity (Wildman–Crippen MR) is 75.9 cm³/mol. The van der Waals surface area contributed by atoms with Crippen molar-refractivity contribution in [1.29, 1.82) is 0 Å². The first-order chi connectivity index (χ1) is 9.58. The van der Waals surface area contributed by atoms with Crippen LogP contribution in [-0.2, 0) is 13.6 Å². The van der Waals surface area contributed by atoms with Gasteiger partial charge in [-0.1, -0.05) is 30.3 Å². The molecule has 0 radical (unpaired) electrons. The van der Waals surface area contributed by atoms with E-state index < -0.39 is 11.2 Å². The Morgan fingerprint density at radius 2 is 1.90 bits per heavy atom. The van der Waals surface area contributed by atoms with Crippen LogP contribution in [0.3, 0.4) is 0 Å². The van der Waals surface area contributed by atoms with Crippen LogP contribution in [0.4, 0.5) is 0 Å². The molecule has 0 aliphatic carbocycles. The molecule has 0 bridgehead atoms. The van der Waals surface area contributed by atoms with Crippen LogP contribution in [0.25, 0.3) is 11.2 Å². The molecule has 0 saturated heterocycles. The van der Waals surface area contributed by atoms with Gasteiger partial charge in [-0.3, -0.25) is 14.3 Å². The molecule has 0 aliphatic heterocycles. The number of benzene rings is 1. The number of rotatable bonds is 2. The van der Waals surface area contributed by atoms with Gasteiger partial charge < -0.3 is 4.57 Å². The van der Waals surface area contributed by atoms with Crippen molar-refractivity contribution < 1.29 is 0 Å². The second kappa shape index (κ2) is 4.48. The number of hydrogen-bond donors (Lipinski definition) is 1. The van der Waals surface area contributed by atoms with Crippen LogP contribution >= 0.6 is 0 Å². The molecule has 20 heavy (non-hydrogen) atoms. The highest BCUT2D eigenvalue weighted by Crippen LogP contribution is 2.12. The third kappa shape index (κ3) is 1.85. The van der Waals surface area contributed by atoms with Crippen LogP contribution in [0, 0.1) is 6.92 Å². The Labute approximate surface area is 114 Å². The molecule has 0 fully saturated rings. The van der Waals surface area contributed by atoms with E-state index in [9.17, 15) is 9.59 Å². The first kappa shape index (κ1) is 12.4. The van der Waals surface area contributed by atoms with Crippen LogP contribution < -0.4 is 11.2 Å². The Hall–Kier alpha value is -2.63. The second-order valence-corrected chi connectivity index (χ2v) is 4.72. The van der Waals surface area contributed by atoms with Gasteiger partial charge in [0.2, 0.25) is 0 Å². The van der Waals surface area contributed by atoms with Crippen molar-refractivity contribution in [3.8, 4) is 0 Å². The molecule has 0 aliphatic rings. The lowest BCUT2D eigenvalue weighted by molar-refractivity contribution is 0.779. The molecule has 0 saturated carbocycles. The number of nitrogens with zero attached hydrogens (tertiary/aromatic N) is 3. The van der Waals surface area contributed by atoms with Gasteiger partial charge in [-0.15, -0.1) is 0 Å². The Bertz CT molecular complexity index is 887. The number of H-pyrrole nitrogens is 1. The van der Waals surface area contributed by atoms with E-state index in [1.54, 1.807) is 7.05 Å². The van der Waals surface area contributed by atoms with E-state index in [-0.39, 0.29) is 0 Å². The van der Waals surface area contributed by atoms with Gasteiger partial charge in [-0.2, -0.15) is 0 Å². The number of hydrogen-bond acceptors (Lipinski definition) is 3. The quantitative estimate of drug-likeness (QED) is 0.748. The van der Waals surface area contributed by atoms with E-state index in [0.717, 1.165) is 5.56 Å². The second-order valence-electron chi connectivity index (χ2n) is 4.72. The third-order valence-corrected chi connectivity index (χ3v) is 3.38. The van der Waals surface area contributed by atoms with Gasteiger partial charge in [-0.25, -0.2) is 9.78 Å². The fourth-order valence-corrected chi connectivity index (χ4v) is 2.30. The fourth-order valence-electron chi connectivity index (χ4n) is 2.30. The summed E-state index contributed by atoms with van der Waals surface area (Å²) in [4.78, 5) is 30.3. The number of imidazole rings is 1. The zero-order valence-corrected chi connectivity index (χ0v) is 11.3. The summed E-state index contributed by atoms with van der Waals surface area (Å²) < 4.78 is 3.17. The van der Waals surface area contributed by atoms with Gasteiger partial charge in [0, 0.05) is 13.6 Å². The first-order valence-corrected chi connectivity index (χ1v) is 6.28. The molecule has 2 aromatic heterocycles. The van der Waals surface area contributed by atoms with Crippen molar-refractivity contribution in [3.63, 3.8) is 0 Å². The maximum absolute atomic E-state index is 12.0. The maximum Gasteiger partial charge on any atom is 0.329 e. The average molecular weight is 270 g/mol. The van der Waals surface area contributed by atoms with Gasteiger partial charge >= 0.3 is 5.69 Å². The SMILES string of the molecule is Cc1nc2c(c(=O)[nH]c(=O)n2C)n1Cc1ccccc1. The van der Waals surface area contributed by atoms with Crippen LogP contribution in [0.2, 0.25) is 0 Å². The molecule has 1 N–H and O–H groups in total. The van der Waals surface area contributed by atoms with Gasteiger partial charge in [0.05, 0.1) is 0 Å². The molecule has 0 spiro atoms. The minimum atomic E-state index is -0.452. The largest absolute Gasteiger partial charge is 0.329 e. The minimum absolute atomic E-state index is 0.403. The van der Waals surface area contributed by atoms with Crippen molar-refractivity contribution in [1.82, 2.24) is 19.1 Å². The summed E-state index contributed by atoms with van der Waals surface area (Å²) in [7, 11) is 1.60. The predicted octanol–water partition coefficient (Wildman–Crippen LogP) is 0.780. The molecular weight excluding hydrogens is 256 g/mol. The number of aromatic amines is 1. The zero-order valence-electron chi connectivity index (χ0n) is 11.3. The highest BCUT2D eigenvalue weighted by molar-refractivity contribution is 5.70. The van der Waals surface area contributed by atoms with Crippen molar-refractivity contribution in [2.45, 2.75) is 13.5 Å². The van der Waals surface area contributed by atoms with E-state index in [1.165, 1.54) is 4.57 Å². The summed E-state index contributed by atoms with van der Waals surface area (Å²) in [5.74, 6) is 0.704. The van der Waals surface area contributed by atoms with Crippen molar-refractivity contribution >= 4 is 11.2 Å². The lowest BCUT2D eigenvalue weighted by Crippen LogP contribution is -2.29. The molecule has 2 heterocycles. The molecule has 3 rings (SSSR count). The lowest BCUT2D eigenvalue weighted by Gasteiger charge is -2.06. The van der Waals surface area contributed by atoms with Crippen molar-refractivity contribution in [2.24, 2.45) is 7.05 Å². The molecule has 6 heteroatoms. The highest BCUT2D eigenvalue weighted by Gasteiger charge is 2.14. The molecule has 1 aromatic carbocycles. The molecule has 0 amide bonds. The molecular formula is C14H14N4O2. The lowest BCUT2D eigenvalue weighted by atomic mass is 10.2. The van der Waals surface area contributed by atoms with Crippen LogP contribution in [-0.4, -0.2) is 19.1 Å². The van der Waals surface area contributed by atoms with Gasteiger partial charge in [0.25, 0.3) is 5.56 Å². The zero-order chi connectivity index (χ0) is 14.3. The monoisotopic (exact) mass is 270 g/mol. The van der Waals surface area contributed by atoms with E-state index >= 15 is 0 Å². The van der Waals surface area contributed by atoms with E-state index in [0.29, 0.717) is 23.5 Å². The third-order valence-electron chi connectivity index (χ3n) is 3.38. The smallest absolute Gasteiger partial charge is 0.318 e. The highest BCUT2D eigenvalue weighted by atomic mass is 16.2. The van der Waals surface area contributed by atoms with Crippen LogP contribution in [0.1, 0.15) is 11.4 Å². The summed E-state index contributed by atoms with van der Waals surface area (Å²) in [5.41, 5.74) is 1.05. The van der Waals surface area contributed by atoms with Crippen molar-refractivity contribution in [3.05, 3.63) is 62.6 Å². The molecule has 102 valence electrons. The standard InChI is InChI=1S/C14H14N4O2/c1-9-15-12-11(13(19)16-14(20)17(12)2)18(9)8-10-6-4-3-5-7-10/h3-7H,8H2,1-2H3,(H,16,19,20). The fraction of sp³-hybridized carbons (Fsp3) is 0.214. The summed E-state index contributed by atoms with van der Waals surface area (Å²) in [5, 5.41) is 0. The van der Waals surface area contributed by atoms with E-state index in [1.807, 2.05) is 41.8 Å². The summed E-state index contributed by atoms with van der Waals surface area (Å²) in [6, 6.07) is 9.81. The Kier molecular flexibility index (Phi) is 2.78. The van der Waals surface area contributed by atoms with Gasteiger partial charge in [0.1, 0.15) is 5.82 Å². The summed E-state index contributed by atoms with van der Waals surface area (Å²) in [6.07, 6.45) is 0. The Morgan fingerprint density at radius 1 is 1.20 bits per heavy atom. The number of aromatic nitrogens is 4. The first-order valence-electron chi connectivity index (χ1n) is 6.28. The minimum Gasteiger partial charge on any atom is -0.318 e. The van der Waals surface area contributed by atoms with Gasteiger partial charge in [0.15, 0.2) is 11.2 Å². The molecule has 3 aromatic rings. The Morgan fingerprint density at radius 3 is 2.60 bits per heavy atom. The van der Waals surface area contributed by atoms with E-state index in [4.69, 9.17) is 0 Å². The molecule has 6 nitrogen and oxygen atoms in total. The van der Waals surface area contributed by atoms with E-state index in [2.05, 4.69) is 9.97 Å². The average Bonchev–Trinajstić information content (AvgIpc) is 2.75. The topological polar surface area (TPSA) is 72.7 Å².